The van der Waals surface area contributed by atoms with E-state index < -0.39 is 0 Å². The van der Waals surface area contributed by atoms with Crippen LogP contribution in [0.4, 0.5) is 0 Å². The molecule has 1 atom stereocenters. The highest BCUT2D eigenvalue weighted by Crippen LogP contribution is 2.19. The number of hydrogen-bond acceptors (Lipinski definition) is 2. The smallest absolute Gasteiger partial charge is 0.123 e. The van der Waals surface area contributed by atoms with Crippen LogP contribution in [0.1, 0.15) is 30.2 Å². The Bertz CT molecular complexity index is 282. The average molecular weight is 163 g/mol. The van der Waals surface area contributed by atoms with E-state index in [4.69, 9.17) is 16.6 Å². The number of furan rings is 1. The van der Waals surface area contributed by atoms with Crippen molar-refractivity contribution < 1.29 is 4.42 Å². The van der Waals surface area contributed by atoms with Gasteiger partial charge in [0.25, 0.3) is 0 Å². The lowest BCUT2D eigenvalue weighted by Crippen LogP contribution is -2.09. The lowest BCUT2D eigenvalue weighted by molar-refractivity contribution is 0.452. The maximum absolute atomic E-state index is 5.84. The van der Waals surface area contributed by atoms with E-state index in [1.54, 1.807) is 6.26 Å². The molecule has 1 aromatic rings. The third kappa shape index (κ3) is 1.90. The first-order valence-electron chi connectivity index (χ1n) is 3.98. The molecule has 1 heterocycles. The van der Waals surface area contributed by atoms with Crippen molar-refractivity contribution in [1.82, 2.24) is 0 Å². The molecule has 0 aliphatic heterocycles. The molecule has 1 unspecified atom stereocenters. The summed E-state index contributed by atoms with van der Waals surface area (Å²) in [4.78, 5) is 0. The summed E-state index contributed by atoms with van der Waals surface area (Å²) in [6, 6.07) is 1.85. The van der Waals surface area contributed by atoms with Crippen LogP contribution in [0.5, 0.6) is 0 Å². The van der Waals surface area contributed by atoms with E-state index in [1.807, 2.05) is 13.0 Å². The Morgan fingerprint density at radius 3 is 3.00 bits per heavy atom. The molecule has 2 nitrogen and oxygen atoms in total. The first-order chi connectivity index (χ1) is 5.75. The van der Waals surface area contributed by atoms with Gasteiger partial charge in [0.05, 0.1) is 12.3 Å². The fourth-order valence-electron chi connectivity index (χ4n) is 1.13. The molecule has 0 bridgehead atoms. The molecule has 2 N–H and O–H groups in total. The molecular formula is C10H13NO. The summed E-state index contributed by atoms with van der Waals surface area (Å²) in [5, 5.41) is 0. The Balaban J connectivity index is 2.60. The van der Waals surface area contributed by atoms with Crippen molar-refractivity contribution in [3.8, 4) is 12.3 Å². The Kier molecular flexibility index (Phi) is 2.95. The third-order valence-electron chi connectivity index (χ3n) is 1.84. The van der Waals surface area contributed by atoms with E-state index in [0.29, 0.717) is 6.42 Å². The second kappa shape index (κ2) is 3.99. The van der Waals surface area contributed by atoms with Crippen molar-refractivity contribution in [3.63, 3.8) is 0 Å². The maximum atomic E-state index is 5.84. The van der Waals surface area contributed by atoms with Crippen molar-refractivity contribution in [2.75, 3.05) is 0 Å². The summed E-state index contributed by atoms with van der Waals surface area (Å²) in [7, 11) is 0. The van der Waals surface area contributed by atoms with Crippen LogP contribution < -0.4 is 5.73 Å². The van der Waals surface area contributed by atoms with Crippen molar-refractivity contribution in [3.05, 3.63) is 23.7 Å². The van der Waals surface area contributed by atoms with E-state index in [0.717, 1.165) is 17.7 Å². The molecule has 0 fully saturated rings. The zero-order valence-corrected chi connectivity index (χ0v) is 7.21. The summed E-state index contributed by atoms with van der Waals surface area (Å²) in [6.07, 6.45) is 8.26. The van der Waals surface area contributed by atoms with Crippen LogP contribution in [-0.2, 0) is 0 Å². The van der Waals surface area contributed by atoms with Crippen molar-refractivity contribution in [2.24, 2.45) is 5.73 Å². The molecule has 64 valence electrons. The summed E-state index contributed by atoms with van der Waals surface area (Å²) >= 11 is 0. The van der Waals surface area contributed by atoms with Gasteiger partial charge in [-0.1, -0.05) is 0 Å². The van der Waals surface area contributed by atoms with Crippen molar-refractivity contribution in [1.29, 1.82) is 0 Å². The van der Waals surface area contributed by atoms with Gasteiger partial charge in [-0.05, 0) is 25.0 Å². The molecule has 0 saturated carbocycles. The average Bonchev–Trinajstić information content (AvgIpc) is 2.47. The predicted molar refractivity (Wildman–Crippen MR) is 48.4 cm³/mol. The van der Waals surface area contributed by atoms with Crippen LogP contribution in [0.2, 0.25) is 0 Å². The molecule has 0 aliphatic carbocycles. The number of terminal acetylenes is 1. The van der Waals surface area contributed by atoms with Crippen LogP contribution in [0.25, 0.3) is 0 Å². The quantitative estimate of drug-likeness (QED) is 0.692. The summed E-state index contributed by atoms with van der Waals surface area (Å²) in [5.41, 5.74) is 6.93. The van der Waals surface area contributed by atoms with Gasteiger partial charge >= 0.3 is 0 Å². The first-order valence-corrected chi connectivity index (χ1v) is 3.98. The minimum atomic E-state index is -0.0592. The summed E-state index contributed by atoms with van der Waals surface area (Å²) in [5.74, 6) is 3.41. The van der Waals surface area contributed by atoms with Gasteiger partial charge < -0.3 is 10.2 Å². The molecule has 0 radical (unpaired) electrons. The van der Waals surface area contributed by atoms with Crippen LogP contribution in [-0.4, -0.2) is 0 Å². The van der Waals surface area contributed by atoms with Gasteiger partial charge in [-0.3, -0.25) is 0 Å². The van der Waals surface area contributed by atoms with Crippen molar-refractivity contribution >= 4 is 0 Å². The Labute approximate surface area is 72.8 Å². The van der Waals surface area contributed by atoms with Gasteiger partial charge in [0.2, 0.25) is 0 Å². The Morgan fingerprint density at radius 1 is 1.75 bits per heavy atom. The molecule has 12 heavy (non-hydrogen) atoms. The van der Waals surface area contributed by atoms with Crippen LogP contribution >= 0.6 is 0 Å². The fourth-order valence-corrected chi connectivity index (χ4v) is 1.13. The monoisotopic (exact) mass is 163 g/mol. The predicted octanol–water partition coefficient (Wildman–Crippen LogP) is 2.00. The normalized spacial score (nSPS) is 12.4. The Hall–Kier alpha value is -1.20. The van der Waals surface area contributed by atoms with Crippen LogP contribution in [0.3, 0.4) is 0 Å². The van der Waals surface area contributed by atoms with Gasteiger partial charge in [-0.2, -0.15) is 0 Å². The number of nitrogens with two attached hydrogens (primary N) is 1. The van der Waals surface area contributed by atoms with E-state index in [9.17, 15) is 0 Å². The highest BCUT2D eigenvalue weighted by molar-refractivity contribution is 5.17. The zero-order chi connectivity index (χ0) is 8.97. The van der Waals surface area contributed by atoms with Crippen LogP contribution in [0.15, 0.2) is 16.7 Å². The SMILES string of the molecule is C#CCCC(N)c1occc1C. The molecule has 1 rings (SSSR count). The summed E-state index contributed by atoms with van der Waals surface area (Å²) in [6.45, 7) is 1.98. The third-order valence-corrected chi connectivity index (χ3v) is 1.84. The number of hydrogen-bond donors (Lipinski definition) is 1. The number of rotatable bonds is 3. The summed E-state index contributed by atoms with van der Waals surface area (Å²) < 4.78 is 5.23. The van der Waals surface area contributed by atoms with E-state index in [-0.39, 0.29) is 6.04 Å². The maximum Gasteiger partial charge on any atom is 0.123 e. The minimum absolute atomic E-state index is 0.0592. The molecule has 0 spiro atoms. The van der Waals surface area contributed by atoms with E-state index in [1.165, 1.54) is 0 Å². The molecule has 0 aliphatic rings. The van der Waals surface area contributed by atoms with Gasteiger partial charge in [0, 0.05) is 6.42 Å². The number of aryl methyl sites for hydroxylation is 1. The molecule has 2 heteroatoms. The Morgan fingerprint density at radius 2 is 2.50 bits per heavy atom. The lowest BCUT2D eigenvalue weighted by atomic mass is 10.1. The fraction of sp³-hybridized carbons (Fsp3) is 0.400. The van der Waals surface area contributed by atoms with Gasteiger partial charge in [0.15, 0.2) is 0 Å². The molecular weight excluding hydrogens is 150 g/mol. The highest BCUT2D eigenvalue weighted by atomic mass is 16.3. The molecule has 1 aromatic heterocycles. The molecule has 0 amide bonds. The molecule has 0 aromatic carbocycles. The minimum Gasteiger partial charge on any atom is -0.467 e. The van der Waals surface area contributed by atoms with E-state index in [2.05, 4.69) is 5.92 Å². The van der Waals surface area contributed by atoms with E-state index >= 15 is 0 Å². The van der Waals surface area contributed by atoms with Gasteiger partial charge in [-0.15, -0.1) is 12.3 Å². The van der Waals surface area contributed by atoms with Gasteiger partial charge in [-0.25, -0.2) is 0 Å². The standard InChI is InChI=1S/C10H13NO/c1-3-4-5-9(11)10-8(2)6-7-12-10/h1,6-7,9H,4-5,11H2,2H3. The van der Waals surface area contributed by atoms with Crippen molar-refractivity contribution in [2.45, 2.75) is 25.8 Å². The molecule has 0 saturated heterocycles. The zero-order valence-electron chi connectivity index (χ0n) is 7.21. The van der Waals surface area contributed by atoms with Gasteiger partial charge in [0.1, 0.15) is 5.76 Å². The van der Waals surface area contributed by atoms with Crippen LogP contribution in [0, 0.1) is 19.3 Å². The lowest BCUT2D eigenvalue weighted by Gasteiger charge is -2.06. The highest BCUT2D eigenvalue weighted by Gasteiger charge is 2.10. The second-order valence-corrected chi connectivity index (χ2v) is 2.82. The first kappa shape index (κ1) is 8.89. The largest absolute Gasteiger partial charge is 0.467 e. The topological polar surface area (TPSA) is 39.2 Å². The second-order valence-electron chi connectivity index (χ2n) is 2.82.